The second kappa shape index (κ2) is 8.57. The molecule has 1 atom stereocenters. The maximum Gasteiger partial charge on any atom is 0.408 e. The van der Waals surface area contributed by atoms with Crippen LogP contribution in [0.4, 0.5) is 4.79 Å². The van der Waals surface area contributed by atoms with Crippen molar-refractivity contribution in [1.29, 1.82) is 0 Å². The minimum absolute atomic E-state index is 0.0647. The fourth-order valence-corrected chi connectivity index (χ4v) is 2.47. The lowest BCUT2D eigenvalue weighted by atomic mass is 10.1. The van der Waals surface area contributed by atoms with Crippen molar-refractivity contribution >= 4 is 12.0 Å². The van der Waals surface area contributed by atoms with Crippen LogP contribution in [0.5, 0.6) is 0 Å². The van der Waals surface area contributed by atoms with Crippen molar-refractivity contribution in [2.24, 2.45) is 0 Å². The highest BCUT2D eigenvalue weighted by atomic mass is 16.5. The predicted octanol–water partition coefficient (Wildman–Crippen LogP) is 2.55. The predicted molar refractivity (Wildman–Crippen MR) is 98.1 cm³/mol. The van der Waals surface area contributed by atoms with E-state index in [2.05, 4.69) is 10.3 Å². The Morgan fingerprint density at radius 3 is 2.33 bits per heavy atom. The molecule has 1 amide bonds. The molecule has 136 valence electrons. The van der Waals surface area contributed by atoms with Crippen molar-refractivity contribution in [2.45, 2.75) is 12.6 Å². The van der Waals surface area contributed by atoms with Gasteiger partial charge in [-0.3, -0.25) is 9.59 Å². The van der Waals surface area contributed by atoms with E-state index >= 15 is 0 Å². The van der Waals surface area contributed by atoms with Gasteiger partial charge in [-0.1, -0.05) is 60.7 Å². The molecule has 7 nitrogen and oxygen atoms in total. The first-order valence-electron chi connectivity index (χ1n) is 8.24. The molecule has 1 N–H and O–H groups in total. The Kier molecular flexibility index (Phi) is 5.73. The summed E-state index contributed by atoms with van der Waals surface area (Å²) in [5.41, 5.74) is 0.809. The molecular weight excluding hydrogens is 346 g/mol. The van der Waals surface area contributed by atoms with Gasteiger partial charge in [0.25, 0.3) is 11.5 Å². The van der Waals surface area contributed by atoms with Gasteiger partial charge < -0.3 is 10.1 Å². The molecular formula is C20H17N3O4. The normalized spacial score (nSPS) is 11.4. The van der Waals surface area contributed by atoms with Crippen LogP contribution in [0.3, 0.4) is 0 Å². The van der Waals surface area contributed by atoms with Crippen LogP contribution in [0.25, 0.3) is 0 Å². The second-order valence-corrected chi connectivity index (χ2v) is 5.68. The number of ether oxygens (including phenoxy) is 1. The van der Waals surface area contributed by atoms with Gasteiger partial charge >= 0.3 is 6.09 Å². The summed E-state index contributed by atoms with van der Waals surface area (Å²) >= 11 is 0. The number of alkyl carbamates (subject to hydrolysis) is 1. The van der Waals surface area contributed by atoms with Crippen molar-refractivity contribution in [3.05, 3.63) is 101 Å². The third-order valence-electron chi connectivity index (χ3n) is 3.81. The van der Waals surface area contributed by atoms with Gasteiger partial charge in [-0.15, -0.1) is 0 Å². The highest BCUT2D eigenvalue weighted by Crippen LogP contribution is 2.15. The van der Waals surface area contributed by atoms with Crippen LogP contribution in [0.1, 0.15) is 22.0 Å². The Balaban J connectivity index is 1.78. The van der Waals surface area contributed by atoms with Crippen LogP contribution in [-0.4, -0.2) is 21.6 Å². The van der Waals surface area contributed by atoms with Crippen LogP contribution in [0.15, 0.2) is 84.0 Å². The van der Waals surface area contributed by atoms with E-state index in [4.69, 9.17) is 4.74 Å². The van der Waals surface area contributed by atoms with Gasteiger partial charge in [-0.2, -0.15) is 0 Å². The lowest BCUT2D eigenvalue weighted by molar-refractivity contribution is 0.0831. The standard InChI is InChI=1S/C20H17N3O4/c24-17-11-12-21-14-23(17)19(25)18(16-9-5-2-6-10-16)22-20(26)27-13-15-7-3-1-4-8-15/h1-12,14,18H,13H2,(H,22,26). The summed E-state index contributed by atoms with van der Waals surface area (Å²) in [6.07, 6.45) is 1.65. The van der Waals surface area contributed by atoms with E-state index < -0.39 is 23.6 Å². The van der Waals surface area contributed by atoms with E-state index in [1.807, 2.05) is 30.3 Å². The van der Waals surface area contributed by atoms with Crippen LogP contribution >= 0.6 is 0 Å². The van der Waals surface area contributed by atoms with Crippen LogP contribution in [-0.2, 0) is 11.3 Å². The van der Waals surface area contributed by atoms with Gasteiger partial charge in [0.2, 0.25) is 0 Å². The Morgan fingerprint density at radius 1 is 1.00 bits per heavy atom. The number of nitrogens with one attached hydrogen (secondary N) is 1. The number of aromatic nitrogens is 2. The van der Waals surface area contributed by atoms with E-state index in [-0.39, 0.29) is 6.61 Å². The van der Waals surface area contributed by atoms with E-state index in [1.54, 1.807) is 30.3 Å². The number of carbonyl (C=O) groups is 2. The van der Waals surface area contributed by atoms with Gasteiger partial charge in [0.15, 0.2) is 0 Å². The summed E-state index contributed by atoms with van der Waals surface area (Å²) in [5.74, 6) is -0.629. The molecule has 0 aliphatic rings. The van der Waals surface area contributed by atoms with Crippen molar-refractivity contribution in [3.8, 4) is 0 Å². The number of carbonyl (C=O) groups excluding carboxylic acids is 2. The lowest BCUT2D eigenvalue weighted by Gasteiger charge is -2.18. The highest BCUT2D eigenvalue weighted by molar-refractivity contribution is 5.88. The average molecular weight is 363 g/mol. The van der Waals surface area contributed by atoms with Crippen molar-refractivity contribution in [1.82, 2.24) is 14.9 Å². The molecule has 0 saturated heterocycles. The molecule has 1 unspecified atom stereocenters. The summed E-state index contributed by atoms with van der Waals surface area (Å²) in [6, 6.07) is 17.9. The number of hydrogen-bond donors (Lipinski definition) is 1. The smallest absolute Gasteiger partial charge is 0.408 e. The molecule has 1 aromatic heterocycles. The number of hydrogen-bond acceptors (Lipinski definition) is 5. The van der Waals surface area contributed by atoms with Crippen molar-refractivity contribution < 1.29 is 14.3 Å². The fourth-order valence-electron chi connectivity index (χ4n) is 2.47. The summed E-state index contributed by atoms with van der Waals surface area (Å²) in [4.78, 5) is 40.8. The van der Waals surface area contributed by atoms with Crippen LogP contribution < -0.4 is 10.9 Å². The van der Waals surface area contributed by atoms with E-state index in [1.165, 1.54) is 12.3 Å². The summed E-state index contributed by atoms with van der Waals surface area (Å²) in [7, 11) is 0. The van der Waals surface area contributed by atoms with Gasteiger partial charge in [0, 0.05) is 12.3 Å². The third kappa shape index (κ3) is 4.66. The van der Waals surface area contributed by atoms with E-state index in [9.17, 15) is 14.4 Å². The topological polar surface area (TPSA) is 90.3 Å². The third-order valence-corrected chi connectivity index (χ3v) is 3.81. The lowest BCUT2D eigenvalue weighted by Crippen LogP contribution is -2.40. The number of rotatable bonds is 5. The van der Waals surface area contributed by atoms with E-state index in [0.29, 0.717) is 5.56 Å². The Labute approximate surface area is 155 Å². The molecule has 7 heteroatoms. The minimum atomic E-state index is -1.09. The molecule has 0 saturated carbocycles. The van der Waals surface area contributed by atoms with Crippen LogP contribution in [0, 0.1) is 0 Å². The molecule has 27 heavy (non-hydrogen) atoms. The first-order chi connectivity index (χ1) is 13.1. The summed E-state index contributed by atoms with van der Waals surface area (Å²) in [6.45, 7) is 0.0647. The average Bonchev–Trinajstić information content (AvgIpc) is 2.72. The maximum atomic E-state index is 12.8. The molecule has 0 radical (unpaired) electrons. The van der Waals surface area contributed by atoms with Gasteiger partial charge in [-0.25, -0.2) is 14.3 Å². The summed E-state index contributed by atoms with van der Waals surface area (Å²) < 4.78 is 6.05. The zero-order valence-corrected chi connectivity index (χ0v) is 14.3. The molecule has 2 aromatic carbocycles. The molecule has 0 aliphatic heterocycles. The minimum Gasteiger partial charge on any atom is -0.445 e. The first-order valence-corrected chi connectivity index (χ1v) is 8.24. The number of nitrogens with zero attached hydrogens (tertiary/aromatic N) is 2. The zero-order chi connectivity index (χ0) is 19.1. The monoisotopic (exact) mass is 363 g/mol. The van der Waals surface area contributed by atoms with E-state index in [0.717, 1.165) is 16.5 Å². The number of benzene rings is 2. The maximum absolute atomic E-state index is 12.8. The van der Waals surface area contributed by atoms with Crippen molar-refractivity contribution in [3.63, 3.8) is 0 Å². The van der Waals surface area contributed by atoms with Gasteiger partial charge in [0.1, 0.15) is 19.0 Å². The molecule has 3 rings (SSSR count). The molecule has 1 heterocycles. The molecule has 0 aliphatic carbocycles. The SMILES string of the molecule is O=C(NC(C(=O)n1cnccc1=O)c1ccccc1)OCc1ccccc1. The van der Waals surface area contributed by atoms with Gasteiger partial charge in [0.05, 0.1) is 0 Å². The zero-order valence-electron chi connectivity index (χ0n) is 14.3. The molecule has 0 fully saturated rings. The quantitative estimate of drug-likeness (QED) is 0.752. The largest absolute Gasteiger partial charge is 0.445 e. The Morgan fingerprint density at radius 2 is 1.67 bits per heavy atom. The molecule has 3 aromatic rings. The van der Waals surface area contributed by atoms with Crippen LogP contribution in [0.2, 0.25) is 0 Å². The fraction of sp³-hybridized carbons (Fsp3) is 0.100. The van der Waals surface area contributed by atoms with Crippen molar-refractivity contribution in [2.75, 3.05) is 0 Å². The summed E-state index contributed by atoms with van der Waals surface area (Å²) in [5, 5.41) is 2.53. The Bertz CT molecular complexity index is 971. The van der Waals surface area contributed by atoms with Gasteiger partial charge in [-0.05, 0) is 11.1 Å². The molecule has 0 spiro atoms. The first kappa shape index (κ1) is 18.1. The Hall–Kier alpha value is -3.74. The number of amides is 1. The highest BCUT2D eigenvalue weighted by Gasteiger charge is 2.25. The second-order valence-electron chi connectivity index (χ2n) is 5.68. The molecule has 0 bridgehead atoms.